The van der Waals surface area contributed by atoms with Gasteiger partial charge in [-0.3, -0.25) is 0 Å². The van der Waals surface area contributed by atoms with Crippen LogP contribution in [-0.4, -0.2) is 38.5 Å². The van der Waals surface area contributed by atoms with Crippen LogP contribution in [0.2, 0.25) is 0 Å². The number of methoxy groups -OCH3 is 1. The predicted molar refractivity (Wildman–Crippen MR) is 181 cm³/mol. The highest BCUT2D eigenvalue weighted by atomic mass is 16.5. The molecule has 0 atom stereocenters. The van der Waals surface area contributed by atoms with E-state index in [4.69, 9.17) is 28.7 Å². The zero-order valence-corrected chi connectivity index (χ0v) is 26.6. The number of ether oxygens (including phenoxy) is 5. The normalized spacial score (nSPS) is 10.7. The molecule has 1 heterocycles. The van der Waals surface area contributed by atoms with Crippen LogP contribution in [0.3, 0.4) is 0 Å². The van der Waals surface area contributed by atoms with E-state index < -0.39 is 0 Å². The summed E-state index contributed by atoms with van der Waals surface area (Å²) in [6, 6.07) is 32.2. The maximum Gasteiger partial charge on any atom is 0.132 e. The standard InChI is InChI=1S/C38H40N2O5/c1-6-42-31-18-20-33(37(24-31)44-8-3)35-22-27(23-36(40-35)34-21-19-32(43-7-2)25-38(34)45-9-4)26-10-12-28(13-11-26)39-29-14-16-30(41-5)17-15-29/h10-25,39H,6-9H2,1-5H3. The molecule has 0 fully saturated rings. The summed E-state index contributed by atoms with van der Waals surface area (Å²) in [6.45, 7) is 10.1. The Morgan fingerprint density at radius 3 is 1.38 bits per heavy atom. The number of aromatic nitrogens is 1. The minimum Gasteiger partial charge on any atom is -0.497 e. The third-order valence-electron chi connectivity index (χ3n) is 7.10. The number of anilines is 2. The summed E-state index contributed by atoms with van der Waals surface area (Å²) in [7, 11) is 1.66. The fourth-order valence-corrected chi connectivity index (χ4v) is 5.05. The summed E-state index contributed by atoms with van der Waals surface area (Å²) in [5.74, 6) is 3.77. The Morgan fingerprint density at radius 1 is 0.489 bits per heavy atom. The molecule has 5 rings (SSSR count). The Labute approximate surface area is 265 Å². The summed E-state index contributed by atoms with van der Waals surface area (Å²) >= 11 is 0. The monoisotopic (exact) mass is 604 g/mol. The second kappa shape index (κ2) is 15.0. The van der Waals surface area contributed by atoms with E-state index in [-0.39, 0.29) is 0 Å². The lowest BCUT2D eigenvalue weighted by atomic mass is 9.99. The third-order valence-corrected chi connectivity index (χ3v) is 7.10. The van der Waals surface area contributed by atoms with Crippen molar-refractivity contribution in [1.29, 1.82) is 0 Å². The zero-order valence-electron chi connectivity index (χ0n) is 26.6. The lowest BCUT2D eigenvalue weighted by Crippen LogP contribution is -2.00. The van der Waals surface area contributed by atoms with Gasteiger partial charge >= 0.3 is 0 Å². The van der Waals surface area contributed by atoms with Crippen molar-refractivity contribution in [3.05, 3.63) is 97.1 Å². The van der Waals surface area contributed by atoms with Gasteiger partial charge in [-0.05, 0) is 112 Å². The van der Waals surface area contributed by atoms with Crippen LogP contribution in [0.15, 0.2) is 97.1 Å². The summed E-state index contributed by atoms with van der Waals surface area (Å²) < 4.78 is 29.0. The van der Waals surface area contributed by atoms with Crippen molar-refractivity contribution in [3.8, 4) is 62.4 Å². The first-order valence-electron chi connectivity index (χ1n) is 15.4. The average molecular weight is 605 g/mol. The molecule has 7 heteroatoms. The molecule has 0 aliphatic carbocycles. The first-order valence-corrected chi connectivity index (χ1v) is 15.4. The first kappa shape index (κ1) is 31.3. The topological polar surface area (TPSA) is 71.1 Å². The maximum absolute atomic E-state index is 6.08. The fourth-order valence-electron chi connectivity index (χ4n) is 5.05. The molecule has 7 nitrogen and oxygen atoms in total. The Hall–Kier alpha value is -5.17. The molecule has 232 valence electrons. The van der Waals surface area contributed by atoms with Gasteiger partial charge in [0.15, 0.2) is 0 Å². The quantitative estimate of drug-likeness (QED) is 0.135. The van der Waals surface area contributed by atoms with Crippen molar-refractivity contribution in [3.63, 3.8) is 0 Å². The van der Waals surface area contributed by atoms with Gasteiger partial charge in [0.1, 0.15) is 28.7 Å². The highest BCUT2D eigenvalue weighted by Gasteiger charge is 2.17. The molecular weight excluding hydrogens is 564 g/mol. The zero-order chi connectivity index (χ0) is 31.6. The number of rotatable bonds is 14. The van der Waals surface area contributed by atoms with Gasteiger partial charge in [0, 0.05) is 34.6 Å². The SMILES string of the molecule is CCOc1ccc(-c2cc(-c3ccc(Nc4ccc(OC)cc4)cc3)cc(-c3ccc(OCC)cc3OCC)n2)c(OCC)c1. The van der Waals surface area contributed by atoms with Gasteiger partial charge in [-0.15, -0.1) is 0 Å². The number of nitrogens with zero attached hydrogens (tertiary/aromatic N) is 1. The van der Waals surface area contributed by atoms with E-state index in [1.54, 1.807) is 7.11 Å². The molecule has 0 aliphatic rings. The number of hydrogen-bond acceptors (Lipinski definition) is 7. The molecule has 0 amide bonds. The van der Waals surface area contributed by atoms with Crippen molar-refractivity contribution in [1.82, 2.24) is 4.98 Å². The molecule has 45 heavy (non-hydrogen) atoms. The van der Waals surface area contributed by atoms with Crippen LogP contribution in [0.25, 0.3) is 33.6 Å². The summed E-state index contributed by atoms with van der Waals surface area (Å²) in [4.78, 5) is 5.16. The lowest BCUT2D eigenvalue weighted by molar-refractivity contribution is 0.323. The molecule has 1 aromatic heterocycles. The molecule has 0 radical (unpaired) electrons. The molecule has 4 aromatic carbocycles. The van der Waals surface area contributed by atoms with Crippen LogP contribution in [0.1, 0.15) is 27.7 Å². The van der Waals surface area contributed by atoms with Crippen molar-refractivity contribution in [2.75, 3.05) is 38.9 Å². The number of benzene rings is 4. The van der Waals surface area contributed by atoms with E-state index in [1.165, 1.54) is 0 Å². The van der Waals surface area contributed by atoms with E-state index >= 15 is 0 Å². The van der Waals surface area contributed by atoms with Crippen LogP contribution in [0.5, 0.6) is 28.7 Å². The van der Waals surface area contributed by atoms with E-state index in [0.29, 0.717) is 26.4 Å². The largest absolute Gasteiger partial charge is 0.497 e. The number of nitrogens with one attached hydrogen (secondary N) is 1. The fraction of sp³-hybridized carbons (Fsp3) is 0.237. The maximum atomic E-state index is 6.08. The predicted octanol–water partition coefficient (Wildman–Crippen LogP) is 9.43. The van der Waals surface area contributed by atoms with Crippen LogP contribution in [0.4, 0.5) is 11.4 Å². The van der Waals surface area contributed by atoms with Gasteiger partial charge in [0.25, 0.3) is 0 Å². The Morgan fingerprint density at radius 2 is 0.933 bits per heavy atom. The second-order valence-electron chi connectivity index (χ2n) is 10.1. The van der Waals surface area contributed by atoms with Crippen LogP contribution >= 0.6 is 0 Å². The molecule has 0 bridgehead atoms. The number of hydrogen-bond donors (Lipinski definition) is 1. The van der Waals surface area contributed by atoms with E-state index in [1.807, 2.05) is 88.4 Å². The summed E-state index contributed by atoms with van der Waals surface area (Å²) in [5.41, 5.74) is 7.35. The van der Waals surface area contributed by atoms with Crippen molar-refractivity contribution in [2.24, 2.45) is 0 Å². The van der Waals surface area contributed by atoms with Gasteiger partial charge in [0.2, 0.25) is 0 Å². The van der Waals surface area contributed by atoms with E-state index in [2.05, 4.69) is 41.7 Å². The molecule has 0 aliphatic heterocycles. The van der Waals surface area contributed by atoms with Crippen molar-refractivity contribution < 1.29 is 23.7 Å². The van der Waals surface area contributed by atoms with Gasteiger partial charge < -0.3 is 29.0 Å². The number of pyridine rings is 1. The van der Waals surface area contributed by atoms with Gasteiger partial charge in [-0.1, -0.05) is 12.1 Å². The molecule has 0 saturated heterocycles. The Bertz CT molecular complexity index is 1620. The van der Waals surface area contributed by atoms with E-state index in [9.17, 15) is 0 Å². The Kier molecular flexibility index (Phi) is 10.4. The van der Waals surface area contributed by atoms with Crippen molar-refractivity contribution in [2.45, 2.75) is 27.7 Å². The summed E-state index contributed by atoms with van der Waals surface area (Å²) in [5, 5.41) is 3.46. The molecule has 0 saturated carbocycles. The first-order chi connectivity index (χ1) is 22.0. The average Bonchev–Trinajstić information content (AvgIpc) is 3.06. The highest BCUT2D eigenvalue weighted by molar-refractivity contribution is 5.81. The minimum atomic E-state index is 0.519. The van der Waals surface area contributed by atoms with Gasteiger partial charge in [-0.2, -0.15) is 0 Å². The second-order valence-corrected chi connectivity index (χ2v) is 10.1. The van der Waals surface area contributed by atoms with E-state index in [0.717, 1.165) is 73.8 Å². The van der Waals surface area contributed by atoms with Gasteiger partial charge in [0.05, 0.1) is 44.9 Å². The Balaban J connectivity index is 1.60. The van der Waals surface area contributed by atoms with Gasteiger partial charge in [-0.25, -0.2) is 4.98 Å². The lowest BCUT2D eigenvalue weighted by Gasteiger charge is -2.17. The third kappa shape index (κ3) is 7.68. The molecule has 0 spiro atoms. The van der Waals surface area contributed by atoms with Crippen LogP contribution < -0.4 is 29.0 Å². The smallest absolute Gasteiger partial charge is 0.132 e. The minimum absolute atomic E-state index is 0.519. The molecule has 5 aromatic rings. The highest BCUT2D eigenvalue weighted by Crippen LogP contribution is 2.39. The molecule has 1 N–H and O–H groups in total. The molecule has 0 unspecified atom stereocenters. The summed E-state index contributed by atoms with van der Waals surface area (Å²) in [6.07, 6.45) is 0. The molecular formula is C38H40N2O5. The van der Waals surface area contributed by atoms with Crippen molar-refractivity contribution >= 4 is 11.4 Å². The van der Waals surface area contributed by atoms with Crippen LogP contribution in [-0.2, 0) is 0 Å². The van der Waals surface area contributed by atoms with Crippen LogP contribution in [0, 0.1) is 0 Å².